The van der Waals surface area contributed by atoms with Gasteiger partial charge in [-0.05, 0) is 47.0 Å². The van der Waals surface area contributed by atoms with Gasteiger partial charge in [0.2, 0.25) is 0 Å². The Morgan fingerprint density at radius 1 is 1.03 bits per heavy atom. The summed E-state index contributed by atoms with van der Waals surface area (Å²) >= 11 is 0. The second kappa shape index (κ2) is 9.03. The van der Waals surface area contributed by atoms with E-state index in [1.165, 1.54) is 17.7 Å². The van der Waals surface area contributed by atoms with E-state index in [1.807, 2.05) is 18.2 Å². The quantitative estimate of drug-likeness (QED) is 0.672. The largest absolute Gasteiger partial charge is 0.381 e. The molecular weight excluding hydrogens is 369 g/mol. The second-order valence-corrected chi connectivity index (χ2v) is 7.19. The van der Waals surface area contributed by atoms with E-state index in [9.17, 15) is 9.18 Å². The van der Waals surface area contributed by atoms with Crippen LogP contribution in [0.3, 0.4) is 0 Å². The maximum Gasteiger partial charge on any atom is 0.252 e. The van der Waals surface area contributed by atoms with Gasteiger partial charge in [0, 0.05) is 43.6 Å². The van der Waals surface area contributed by atoms with Crippen molar-refractivity contribution in [3.05, 3.63) is 88.1 Å². The van der Waals surface area contributed by atoms with Crippen LogP contribution in [0.4, 0.5) is 10.1 Å². The van der Waals surface area contributed by atoms with Crippen molar-refractivity contribution in [1.29, 1.82) is 0 Å². The lowest BCUT2D eigenvalue weighted by Gasteiger charge is -2.26. The number of halogens is 1. The van der Waals surface area contributed by atoms with Crippen LogP contribution >= 0.6 is 0 Å². The molecule has 0 aliphatic carbocycles. The lowest BCUT2D eigenvalue weighted by molar-refractivity contribution is 0.0342. The molecule has 29 heavy (non-hydrogen) atoms. The van der Waals surface area contributed by atoms with E-state index in [1.54, 1.807) is 18.3 Å². The van der Waals surface area contributed by atoms with Gasteiger partial charge in [0.05, 0.1) is 13.2 Å². The van der Waals surface area contributed by atoms with Crippen molar-refractivity contribution in [3.8, 4) is 11.1 Å². The first-order valence-electron chi connectivity index (χ1n) is 9.78. The summed E-state index contributed by atoms with van der Waals surface area (Å²) in [6.45, 7) is 4.76. The van der Waals surface area contributed by atoms with Gasteiger partial charge < -0.3 is 15.0 Å². The van der Waals surface area contributed by atoms with Crippen LogP contribution in [0.2, 0.25) is 0 Å². The van der Waals surface area contributed by atoms with Crippen molar-refractivity contribution in [2.24, 2.45) is 0 Å². The summed E-state index contributed by atoms with van der Waals surface area (Å²) in [7, 11) is 0. The third-order valence-electron chi connectivity index (χ3n) is 5.08. The first-order chi connectivity index (χ1) is 14.2. The third kappa shape index (κ3) is 5.10. The predicted octanol–water partition coefficient (Wildman–Crippen LogP) is 3.63. The number of aromatic nitrogens is 1. The first-order valence-corrected chi connectivity index (χ1v) is 9.78. The zero-order valence-electron chi connectivity index (χ0n) is 16.2. The lowest BCUT2D eigenvalue weighted by Crippen LogP contribution is -2.35. The number of morpholine rings is 1. The second-order valence-electron chi connectivity index (χ2n) is 7.19. The number of rotatable bonds is 6. The van der Waals surface area contributed by atoms with Crippen LogP contribution in [0.15, 0.2) is 65.6 Å². The van der Waals surface area contributed by atoms with Gasteiger partial charge in [0.15, 0.2) is 0 Å². The van der Waals surface area contributed by atoms with Crippen LogP contribution in [0.5, 0.6) is 0 Å². The Bertz CT molecular complexity index is 1010. The number of hydrogen-bond donors (Lipinski definition) is 2. The molecule has 6 heteroatoms. The predicted molar refractivity (Wildman–Crippen MR) is 112 cm³/mol. The van der Waals surface area contributed by atoms with Crippen molar-refractivity contribution >= 4 is 5.69 Å². The van der Waals surface area contributed by atoms with Gasteiger partial charge in [-0.15, -0.1) is 0 Å². The minimum Gasteiger partial charge on any atom is -0.381 e. The van der Waals surface area contributed by atoms with E-state index in [4.69, 9.17) is 4.74 Å². The Morgan fingerprint density at radius 3 is 2.62 bits per heavy atom. The topological polar surface area (TPSA) is 57.4 Å². The lowest BCUT2D eigenvalue weighted by atomic mass is 10.1. The number of ether oxygens (including phenoxy) is 1. The zero-order chi connectivity index (χ0) is 20.1. The maximum atomic E-state index is 13.2. The van der Waals surface area contributed by atoms with Crippen LogP contribution in [-0.2, 0) is 17.8 Å². The molecule has 0 unspecified atom stereocenters. The number of benzene rings is 2. The smallest absolute Gasteiger partial charge is 0.252 e. The molecule has 1 fully saturated rings. The van der Waals surface area contributed by atoms with Crippen LogP contribution in [0.1, 0.15) is 11.1 Å². The first kappa shape index (κ1) is 19.4. The number of nitrogens with zero attached hydrogens (tertiary/aromatic N) is 1. The average Bonchev–Trinajstić information content (AvgIpc) is 2.75. The average molecular weight is 393 g/mol. The Balaban J connectivity index is 1.44. The van der Waals surface area contributed by atoms with Crippen LogP contribution in [0.25, 0.3) is 11.1 Å². The molecular formula is C23H24FN3O2. The molecule has 5 nitrogen and oxygen atoms in total. The van der Waals surface area contributed by atoms with Crippen LogP contribution in [0, 0.1) is 5.82 Å². The highest BCUT2D eigenvalue weighted by Gasteiger charge is 2.11. The maximum absolute atomic E-state index is 13.2. The molecule has 3 aromatic rings. The van der Waals surface area contributed by atoms with Crippen LogP contribution in [-0.4, -0.2) is 36.2 Å². The summed E-state index contributed by atoms with van der Waals surface area (Å²) in [6.07, 6.45) is 1.65. The Morgan fingerprint density at radius 2 is 1.83 bits per heavy atom. The van der Waals surface area contributed by atoms with Gasteiger partial charge in [0.1, 0.15) is 5.82 Å². The van der Waals surface area contributed by atoms with E-state index >= 15 is 0 Å². The minimum absolute atomic E-state index is 0.132. The number of pyridine rings is 1. The Labute approximate surface area is 169 Å². The van der Waals surface area contributed by atoms with Crippen molar-refractivity contribution in [2.45, 2.75) is 13.1 Å². The SMILES string of the molecule is O=c1[nH]cc(-c2ccc(F)cc2)cc1CNc1cccc(CN2CCOCC2)c1. The molecule has 1 aromatic heterocycles. The van der Waals surface area contributed by atoms with Gasteiger partial charge >= 0.3 is 0 Å². The molecule has 1 aliphatic heterocycles. The van der Waals surface area contributed by atoms with Gasteiger partial charge in [0.25, 0.3) is 5.56 Å². The molecule has 2 N–H and O–H groups in total. The number of H-pyrrole nitrogens is 1. The van der Waals surface area contributed by atoms with Gasteiger partial charge in [-0.25, -0.2) is 4.39 Å². The van der Waals surface area contributed by atoms with E-state index in [0.717, 1.165) is 49.7 Å². The highest BCUT2D eigenvalue weighted by molar-refractivity contribution is 5.63. The summed E-state index contributed by atoms with van der Waals surface area (Å²) in [6, 6.07) is 16.3. The molecule has 1 saturated heterocycles. The molecule has 0 amide bonds. The van der Waals surface area contributed by atoms with Crippen molar-refractivity contribution in [3.63, 3.8) is 0 Å². The molecule has 0 radical (unpaired) electrons. The van der Waals surface area contributed by atoms with E-state index < -0.39 is 0 Å². The molecule has 0 bridgehead atoms. The van der Waals surface area contributed by atoms with E-state index in [0.29, 0.717) is 12.1 Å². The summed E-state index contributed by atoms with van der Waals surface area (Å²) in [5.41, 5.74) is 4.41. The van der Waals surface area contributed by atoms with E-state index in [-0.39, 0.29) is 11.4 Å². The fourth-order valence-electron chi connectivity index (χ4n) is 3.47. The van der Waals surface area contributed by atoms with E-state index in [2.05, 4.69) is 27.3 Å². The van der Waals surface area contributed by atoms with Crippen molar-refractivity contribution < 1.29 is 9.13 Å². The number of anilines is 1. The third-order valence-corrected chi connectivity index (χ3v) is 5.08. The molecule has 1 aliphatic rings. The fraction of sp³-hybridized carbons (Fsp3) is 0.261. The zero-order valence-corrected chi connectivity index (χ0v) is 16.2. The normalized spacial score (nSPS) is 14.7. The van der Waals surface area contributed by atoms with Crippen LogP contribution < -0.4 is 10.9 Å². The minimum atomic E-state index is -0.281. The molecule has 0 spiro atoms. The van der Waals surface area contributed by atoms with Gasteiger partial charge in [-0.2, -0.15) is 0 Å². The Kier molecular flexibility index (Phi) is 6.03. The summed E-state index contributed by atoms with van der Waals surface area (Å²) in [4.78, 5) is 17.4. The number of aromatic amines is 1. The Hall–Kier alpha value is -2.96. The fourth-order valence-corrected chi connectivity index (χ4v) is 3.47. The summed E-state index contributed by atoms with van der Waals surface area (Å²) in [5, 5.41) is 3.34. The number of nitrogens with one attached hydrogen (secondary N) is 2. The van der Waals surface area contributed by atoms with Gasteiger partial charge in [-0.3, -0.25) is 9.69 Å². The molecule has 0 saturated carbocycles. The molecule has 2 heterocycles. The monoisotopic (exact) mass is 393 g/mol. The molecule has 150 valence electrons. The number of hydrogen-bond acceptors (Lipinski definition) is 4. The highest BCUT2D eigenvalue weighted by atomic mass is 19.1. The molecule has 4 rings (SSSR count). The van der Waals surface area contributed by atoms with Gasteiger partial charge in [-0.1, -0.05) is 24.3 Å². The summed E-state index contributed by atoms with van der Waals surface area (Å²) in [5.74, 6) is -0.281. The standard InChI is InChI=1S/C23H24FN3O2/c24-21-6-4-18(5-7-21)19-13-20(23(28)26-14-19)15-25-22-3-1-2-17(12-22)16-27-8-10-29-11-9-27/h1-7,12-14,25H,8-11,15-16H2,(H,26,28). The molecule has 0 atom stereocenters. The van der Waals surface area contributed by atoms with Crippen molar-refractivity contribution in [2.75, 3.05) is 31.6 Å². The highest BCUT2D eigenvalue weighted by Crippen LogP contribution is 2.19. The van der Waals surface area contributed by atoms with Crippen molar-refractivity contribution in [1.82, 2.24) is 9.88 Å². The summed E-state index contributed by atoms with van der Waals surface area (Å²) < 4.78 is 18.6. The molecule has 2 aromatic carbocycles.